The quantitative estimate of drug-likeness (QED) is 0.783. The number of hydrogen-bond donors (Lipinski definition) is 3. The van der Waals surface area contributed by atoms with Gasteiger partial charge in [0.15, 0.2) is 0 Å². The Kier molecular flexibility index (Phi) is 4.47. The van der Waals surface area contributed by atoms with Crippen molar-refractivity contribution in [1.82, 2.24) is 10.6 Å². The van der Waals surface area contributed by atoms with E-state index in [-0.39, 0.29) is 18.6 Å². The topological polar surface area (TPSA) is 87.6 Å². The predicted octanol–water partition coefficient (Wildman–Crippen LogP) is 2.27. The van der Waals surface area contributed by atoms with Gasteiger partial charge in [-0.05, 0) is 38.1 Å². The number of rotatable bonds is 5. The Morgan fingerprint density at radius 1 is 1.35 bits per heavy atom. The zero-order valence-corrected chi connectivity index (χ0v) is 11.4. The molecule has 2 rings (SSSR count). The highest BCUT2D eigenvalue weighted by atomic mass is 16.4. The van der Waals surface area contributed by atoms with Gasteiger partial charge in [0.25, 0.3) is 0 Å². The van der Waals surface area contributed by atoms with Gasteiger partial charge in [0.2, 0.25) is 0 Å². The van der Waals surface area contributed by atoms with E-state index in [9.17, 15) is 9.90 Å². The summed E-state index contributed by atoms with van der Waals surface area (Å²) in [5, 5.41) is 15.1. The Morgan fingerprint density at radius 3 is 2.75 bits per heavy atom. The standard InChI is InChI=1S/C14H18N2O4/c1-9-5-6-12(20-9)10(2)16-14(18)15-8-11(17)13-4-3-7-19-13/h3-7,10-11,17H,8H2,1-2H3,(H2,15,16,18). The molecule has 6 nitrogen and oxygen atoms in total. The monoisotopic (exact) mass is 278 g/mol. The molecule has 2 aromatic rings. The van der Waals surface area contributed by atoms with Crippen molar-refractivity contribution in [3.05, 3.63) is 47.8 Å². The number of furan rings is 2. The van der Waals surface area contributed by atoms with Crippen molar-refractivity contribution in [2.75, 3.05) is 6.54 Å². The number of amides is 2. The summed E-state index contributed by atoms with van der Waals surface area (Å²) in [6.45, 7) is 3.74. The third kappa shape index (κ3) is 3.64. The van der Waals surface area contributed by atoms with E-state index in [2.05, 4.69) is 10.6 Å². The van der Waals surface area contributed by atoms with Gasteiger partial charge in [0, 0.05) is 0 Å². The molecule has 0 saturated carbocycles. The number of urea groups is 1. The molecule has 0 spiro atoms. The number of hydrogen-bond acceptors (Lipinski definition) is 4. The molecular formula is C14H18N2O4. The Morgan fingerprint density at radius 2 is 2.15 bits per heavy atom. The van der Waals surface area contributed by atoms with Crippen LogP contribution in [0, 0.1) is 6.92 Å². The molecule has 0 aliphatic rings. The average molecular weight is 278 g/mol. The van der Waals surface area contributed by atoms with E-state index < -0.39 is 6.10 Å². The van der Waals surface area contributed by atoms with Crippen LogP contribution in [0.5, 0.6) is 0 Å². The van der Waals surface area contributed by atoms with Crippen LogP contribution in [0.4, 0.5) is 4.79 Å². The number of carbonyl (C=O) groups is 1. The van der Waals surface area contributed by atoms with E-state index in [0.29, 0.717) is 11.5 Å². The SMILES string of the molecule is Cc1ccc(C(C)NC(=O)NCC(O)c2ccco2)o1. The zero-order valence-electron chi connectivity index (χ0n) is 11.4. The van der Waals surface area contributed by atoms with E-state index in [1.165, 1.54) is 6.26 Å². The third-order valence-corrected chi connectivity index (χ3v) is 2.86. The molecule has 0 bridgehead atoms. The summed E-state index contributed by atoms with van der Waals surface area (Å²) < 4.78 is 10.5. The fraction of sp³-hybridized carbons (Fsp3) is 0.357. The zero-order chi connectivity index (χ0) is 14.5. The molecule has 0 saturated heterocycles. The second-order valence-electron chi connectivity index (χ2n) is 4.56. The van der Waals surface area contributed by atoms with E-state index in [4.69, 9.17) is 8.83 Å². The summed E-state index contributed by atoms with van der Waals surface area (Å²) in [5.41, 5.74) is 0. The predicted molar refractivity (Wildman–Crippen MR) is 72.1 cm³/mol. The van der Waals surface area contributed by atoms with E-state index in [1.54, 1.807) is 12.1 Å². The van der Waals surface area contributed by atoms with Crippen molar-refractivity contribution in [3.63, 3.8) is 0 Å². The number of carbonyl (C=O) groups excluding carboxylic acids is 1. The van der Waals surface area contributed by atoms with Gasteiger partial charge in [0.05, 0.1) is 18.8 Å². The van der Waals surface area contributed by atoms with Gasteiger partial charge < -0.3 is 24.6 Å². The number of aliphatic hydroxyl groups is 1. The van der Waals surface area contributed by atoms with Crippen LogP contribution in [0.1, 0.15) is 36.4 Å². The van der Waals surface area contributed by atoms with Gasteiger partial charge in [-0.15, -0.1) is 0 Å². The molecule has 6 heteroatoms. The molecule has 2 amide bonds. The second kappa shape index (κ2) is 6.29. The molecule has 3 N–H and O–H groups in total. The molecule has 20 heavy (non-hydrogen) atoms. The van der Waals surface area contributed by atoms with Crippen molar-refractivity contribution in [1.29, 1.82) is 0 Å². The minimum Gasteiger partial charge on any atom is -0.467 e. The first-order chi connectivity index (χ1) is 9.56. The maximum atomic E-state index is 11.7. The van der Waals surface area contributed by atoms with Crippen molar-refractivity contribution in [2.45, 2.75) is 26.0 Å². The summed E-state index contributed by atoms with van der Waals surface area (Å²) in [4.78, 5) is 11.7. The molecule has 0 aliphatic heterocycles. The van der Waals surface area contributed by atoms with Gasteiger partial charge in [-0.2, -0.15) is 0 Å². The summed E-state index contributed by atoms with van der Waals surface area (Å²) in [6, 6.07) is 6.37. The molecule has 2 heterocycles. The van der Waals surface area contributed by atoms with Crippen LogP contribution in [0.25, 0.3) is 0 Å². The summed E-state index contributed by atoms with van der Waals surface area (Å²) in [6.07, 6.45) is 0.608. The van der Waals surface area contributed by atoms with Crippen LogP contribution in [0.2, 0.25) is 0 Å². The number of aliphatic hydroxyl groups excluding tert-OH is 1. The Labute approximate surface area is 116 Å². The molecule has 0 aromatic carbocycles. The lowest BCUT2D eigenvalue weighted by Gasteiger charge is -2.14. The minimum atomic E-state index is -0.864. The van der Waals surface area contributed by atoms with Gasteiger partial charge in [-0.1, -0.05) is 0 Å². The summed E-state index contributed by atoms with van der Waals surface area (Å²) in [5.74, 6) is 1.89. The van der Waals surface area contributed by atoms with Crippen LogP contribution in [-0.2, 0) is 0 Å². The molecule has 108 valence electrons. The van der Waals surface area contributed by atoms with Crippen LogP contribution in [0.15, 0.2) is 39.4 Å². The second-order valence-corrected chi connectivity index (χ2v) is 4.56. The molecule has 2 atom stereocenters. The molecule has 2 aromatic heterocycles. The van der Waals surface area contributed by atoms with Gasteiger partial charge in [-0.3, -0.25) is 0 Å². The van der Waals surface area contributed by atoms with E-state index in [0.717, 1.165) is 5.76 Å². The Balaban J connectivity index is 1.78. The Bertz CT molecular complexity index is 547. The highest BCUT2D eigenvalue weighted by Crippen LogP contribution is 2.15. The maximum absolute atomic E-state index is 11.7. The van der Waals surface area contributed by atoms with Crippen LogP contribution < -0.4 is 10.6 Å². The normalized spacial score (nSPS) is 13.8. The van der Waals surface area contributed by atoms with E-state index >= 15 is 0 Å². The first-order valence-electron chi connectivity index (χ1n) is 6.38. The first kappa shape index (κ1) is 14.2. The number of aryl methyl sites for hydroxylation is 1. The number of nitrogens with one attached hydrogen (secondary N) is 2. The van der Waals surface area contributed by atoms with Gasteiger partial charge in [-0.25, -0.2) is 4.79 Å². The summed E-state index contributed by atoms with van der Waals surface area (Å²) >= 11 is 0. The minimum absolute atomic E-state index is 0.0727. The molecule has 0 aliphatic carbocycles. The van der Waals surface area contributed by atoms with E-state index in [1.807, 2.05) is 26.0 Å². The molecular weight excluding hydrogens is 260 g/mol. The third-order valence-electron chi connectivity index (χ3n) is 2.86. The Hall–Kier alpha value is -2.21. The lowest BCUT2D eigenvalue weighted by Crippen LogP contribution is -2.38. The molecule has 2 unspecified atom stereocenters. The fourth-order valence-corrected chi connectivity index (χ4v) is 1.78. The highest BCUT2D eigenvalue weighted by Gasteiger charge is 2.15. The van der Waals surface area contributed by atoms with Crippen LogP contribution in [0.3, 0.4) is 0 Å². The first-order valence-corrected chi connectivity index (χ1v) is 6.38. The summed E-state index contributed by atoms with van der Waals surface area (Å²) in [7, 11) is 0. The smallest absolute Gasteiger partial charge is 0.315 e. The molecule has 0 radical (unpaired) electrons. The van der Waals surface area contributed by atoms with Gasteiger partial charge >= 0.3 is 6.03 Å². The fourth-order valence-electron chi connectivity index (χ4n) is 1.78. The molecule has 0 fully saturated rings. The van der Waals surface area contributed by atoms with Crippen molar-refractivity contribution >= 4 is 6.03 Å². The largest absolute Gasteiger partial charge is 0.467 e. The van der Waals surface area contributed by atoms with Crippen molar-refractivity contribution < 1.29 is 18.7 Å². The lowest BCUT2D eigenvalue weighted by atomic mass is 10.2. The van der Waals surface area contributed by atoms with Crippen molar-refractivity contribution in [3.8, 4) is 0 Å². The lowest BCUT2D eigenvalue weighted by molar-refractivity contribution is 0.147. The van der Waals surface area contributed by atoms with Crippen LogP contribution >= 0.6 is 0 Å². The highest BCUT2D eigenvalue weighted by molar-refractivity contribution is 5.74. The van der Waals surface area contributed by atoms with Crippen LogP contribution in [-0.4, -0.2) is 17.7 Å². The maximum Gasteiger partial charge on any atom is 0.315 e. The van der Waals surface area contributed by atoms with Gasteiger partial charge in [0.1, 0.15) is 23.4 Å². The average Bonchev–Trinajstić information content (AvgIpc) is 3.06. The van der Waals surface area contributed by atoms with Crippen molar-refractivity contribution in [2.24, 2.45) is 0 Å².